The molecular weight excluding hydrogens is 236 g/mol. The Morgan fingerprint density at radius 3 is 2.78 bits per heavy atom. The summed E-state index contributed by atoms with van der Waals surface area (Å²) in [5.74, 6) is 0. The molecule has 0 amide bonds. The van der Waals surface area contributed by atoms with Crippen LogP contribution in [-0.2, 0) is 6.54 Å². The van der Waals surface area contributed by atoms with Gasteiger partial charge in [-0.25, -0.2) is 8.78 Å². The van der Waals surface area contributed by atoms with Crippen LogP contribution in [0.2, 0.25) is 0 Å². The van der Waals surface area contributed by atoms with E-state index in [4.69, 9.17) is 5.26 Å². The van der Waals surface area contributed by atoms with Crippen molar-refractivity contribution in [2.75, 3.05) is 0 Å². The van der Waals surface area contributed by atoms with Gasteiger partial charge in [0.2, 0.25) is 0 Å². The highest BCUT2D eigenvalue weighted by atomic mass is 19.3. The fourth-order valence-corrected chi connectivity index (χ4v) is 1.77. The maximum atomic E-state index is 12.2. The minimum absolute atomic E-state index is 0.420. The molecule has 0 unspecified atom stereocenters. The first-order valence-electron chi connectivity index (χ1n) is 5.41. The number of hydrogen-bond acceptors (Lipinski definition) is 2. The van der Waals surface area contributed by atoms with Gasteiger partial charge in [0.1, 0.15) is 6.54 Å². The standard InChI is InChI=1S/C13H11F2N3/c1-9-2-10(5-16)4-11(3-9)12-6-17-18(7-12)8-13(14)15/h2-4,6-7,13H,8H2,1H3. The molecule has 0 aliphatic carbocycles. The summed E-state index contributed by atoms with van der Waals surface area (Å²) in [5, 5.41) is 12.8. The third-order valence-electron chi connectivity index (χ3n) is 2.50. The average Bonchev–Trinajstić information content (AvgIpc) is 2.75. The zero-order valence-electron chi connectivity index (χ0n) is 9.77. The highest BCUT2D eigenvalue weighted by Gasteiger charge is 2.08. The number of halogens is 2. The Bertz CT molecular complexity index is 597. The minimum Gasteiger partial charge on any atom is -0.266 e. The summed E-state index contributed by atoms with van der Waals surface area (Å²) in [7, 11) is 0. The van der Waals surface area contributed by atoms with Crippen LogP contribution in [0.1, 0.15) is 11.1 Å². The number of alkyl halides is 2. The molecular formula is C13H11F2N3. The van der Waals surface area contributed by atoms with Crippen LogP contribution in [-0.4, -0.2) is 16.2 Å². The van der Waals surface area contributed by atoms with Crippen molar-refractivity contribution in [3.63, 3.8) is 0 Å². The van der Waals surface area contributed by atoms with Gasteiger partial charge in [0.15, 0.2) is 0 Å². The molecule has 0 radical (unpaired) electrons. The van der Waals surface area contributed by atoms with Gasteiger partial charge in [-0.15, -0.1) is 0 Å². The maximum absolute atomic E-state index is 12.2. The summed E-state index contributed by atoms with van der Waals surface area (Å²) >= 11 is 0. The van der Waals surface area contributed by atoms with Gasteiger partial charge in [0.25, 0.3) is 6.43 Å². The van der Waals surface area contributed by atoms with E-state index in [0.717, 1.165) is 16.7 Å². The van der Waals surface area contributed by atoms with Crippen molar-refractivity contribution >= 4 is 0 Å². The molecule has 18 heavy (non-hydrogen) atoms. The average molecular weight is 247 g/mol. The highest BCUT2D eigenvalue weighted by molar-refractivity contribution is 5.64. The molecule has 2 rings (SSSR count). The van der Waals surface area contributed by atoms with Gasteiger partial charge in [0, 0.05) is 11.8 Å². The number of nitriles is 1. The summed E-state index contributed by atoms with van der Waals surface area (Å²) in [6, 6.07) is 7.45. The fourth-order valence-electron chi connectivity index (χ4n) is 1.77. The van der Waals surface area contributed by atoms with Crippen LogP contribution in [0.25, 0.3) is 11.1 Å². The van der Waals surface area contributed by atoms with E-state index in [9.17, 15) is 8.78 Å². The van der Waals surface area contributed by atoms with E-state index >= 15 is 0 Å². The number of aryl methyl sites for hydroxylation is 1. The molecule has 0 saturated carbocycles. The van der Waals surface area contributed by atoms with Gasteiger partial charge in [-0.1, -0.05) is 6.07 Å². The number of nitrogens with zero attached hydrogens (tertiary/aromatic N) is 3. The second kappa shape index (κ2) is 4.96. The number of rotatable bonds is 3. The Balaban J connectivity index is 2.34. The Labute approximate surface area is 103 Å². The lowest BCUT2D eigenvalue weighted by Crippen LogP contribution is -2.06. The Morgan fingerprint density at radius 2 is 2.11 bits per heavy atom. The predicted octanol–water partition coefficient (Wildman–Crippen LogP) is 3.00. The Morgan fingerprint density at radius 1 is 1.33 bits per heavy atom. The molecule has 5 heteroatoms. The lowest BCUT2D eigenvalue weighted by molar-refractivity contribution is 0.122. The van der Waals surface area contributed by atoms with Gasteiger partial charge < -0.3 is 0 Å². The predicted molar refractivity (Wildman–Crippen MR) is 63.1 cm³/mol. The van der Waals surface area contributed by atoms with E-state index < -0.39 is 13.0 Å². The van der Waals surface area contributed by atoms with Crippen molar-refractivity contribution in [3.05, 3.63) is 41.7 Å². The molecule has 0 saturated heterocycles. The Hall–Kier alpha value is -2.22. The van der Waals surface area contributed by atoms with Crippen LogP contribution >= 0.6 is 0 Å². The van der Waals surface area contributed by atoms with E-state index in [0.29, 0.717) is 5.56 Å². The summed E-state index contributed by atoms with van der Waals surface area (Å²) in [6.45, 7) is 1.46. The highest BCUT2D eigenvalue weighted by Crippen LogP contribution is 2.21. The smallest absolute Gasteiger partial charge is 0.257 e. The zero-order valence-corrected chi connectivity index (χ0v) is 9.77. The molecule has 0 fully saturated rings. The Kier molecular flexibility index (Phi) is 3.38. The van der Waals surface area contributed by atoms with Crippen LogP contribution in [0, 0.1) is 18.3 Å². The summed E-state index contributed by atoms with van der Waals surface area (Å²) in [4.78, 5) is 0. The molecule has 0 aliphatic rings. The second-order valence-corrected chi connectivity index (χ2v) is 4.04. The first-order valence-corrected chi connectivity index (χ1v) is 5.41. The number of aromatic nitrogens is 2. The molecule has 92 valence electrons. The van der Waals surface area contributed by atoms with E-state index in [1.165, 1.54) is 10.9 Å². The van der Waals surface area contributed by atoms with Crippen LogP contribution < -0.4 is 0 Å². The fraction of sp³-hybridized carbons (Fsp3) is 0.231. The molecule has 0 bridgehead atoms. The summed E-state index contributed by atoms with van der Waals surface area (Å²) in [5.41, 5.74) is 3.04. The van der Waals surface area contributed by atoms with E-state index in [1.54, 1.807) is 18.3 Å². The number of hydrogen-bond donors (Lipinski definition) is 0. The SMILES string of the molecule is Cc1cc(C#N)cc(-c2cnn(CC(F)F)c2)c1. The third-order valence-corrected chi connectivity index (χ3v) is 2.50. The lowest BCUT2D eigenvalue weighted by Gasteiger charge is -2.01. The van der Waals surface area contributed by atoms with Gasteiger partial charge in [0.05, 0.1) is 17.8 Å². The molecule has 1 heterocycles. The molecule has 1 aromatic heterocycles. The molecule has 0 aliphatic heterocycles. The van der Waals surface area contributed by atoms with Gasteiger partial charge >= 0.3 is 0 Å². The van der Waals surface area contributed by atoms with Crippen molar-refractivity contribution < 1.29 is 8.78 Å². The van der Waals surface area contributed by atoms with Crippen molar-refractivity contribution in [1.82, 2.24) is 9.78 Å². The molecule has 0 spiro atoms. The van der Waals surface area contributed by atoms with Crippen molar-refractivity contribution in [3.8, 4) is 17.2 Å². The van der Waals surface area contributed by atoms with E-state index in [1.807, 2.05) is 13.0 Å². The van der Waals surface area contributed by atoms with Crippen LogP contribution in [0.4, 0.5) is 8.78 Å². The van der Waals surface area contributed by atoms with Crippen molar-refractivity contribution in [2.24, 2.45) is 0 Å². The zero-order chi connectivity index (χ0) is 13.1. The van der Waals surface area contributed by atoms with Crippen LogP contribution in [0.5, 0.6) is 0 Å². The maximum Gasteiger partial charge on any atom is 0.257 e. The minimum atomic E-state index is -2.43. The van der Waals surface area contributed by atoms with Gasteiger partial charge in [-0.05, 0) is 30.2 Å². The topological polar surface area (TPSA) is 41.6 Å². The largest absolute Gasteiger partial charge is 0.266 e. The molecule has 3 nitrogen and oxygen atoms in total. The molecule has 2 aromatic rings. The van der Waals surface area contributed by atoms with Crippen LogP contribution in [0.3, 0.4) is 0 Å². The van der Waals surface area contributed by atoms with Gasteiger partial charge in [-0.3, -0.25) is 4.68 Å². The monoisotopic (exact) mass is 247 g/mol. The van der Waals surface area contributed by atoms with Crippen LogP contribution in [0.15, 0.2) is 30.6 Å². The third kappa shape index (κ3) is 2.72. The second-order valence-electron chi connectivity index (χ2n) is 4.04. The van der Waals surface area contributed by atoms with E-state index in [-0.39, 0.29) is 0 Å². The summed E-state index contributed by atoms with van der Waals surface area (Å²) in [6.07, 6.45) is 0.658. The van der Waals surface area contributed by atoms with Crippen molar-refractivity contribution in [2.45, 2.75) is 19.9 Å². The molecule has 0 N–H and O–H groups in total. The number of benzene rings is 1. The normalized spacial score (nSPS) is 10.6. The van der Waals surface area contributed by atoms with Crippen molar-refractivity contribution in [1.29, 1.82) is 5.26 Å². The van der Waals surface area contributed by atoms with E-state index in [2.05, 4.69) is 11.2 Å². The molecule has 1 aromatic carbocycles. The first-order chi connectivity index (χ1) is 8.58. The molecule has 0 atom stereocenters. The summed E-state index contributed by atoms with van der Waals surface area (Å²) < 4.78 is 25.6. The lowest BCUT2D eigenvalue weighted by atomic mass is 10.0. The first kappa shape index (κ1) is 12.2. The quantitative estimate of drug-likeness (QED) is 0.836. The van der Waals surface area contributed by atoms with Gasteiger partial charge in [-0.2, -0.15) is 10.4 Å².